The van der Waals surface area contributed by atoms with E-state index in [1.54, 1.807) is 16.9 Å². The molecule has 4 heterocycles. The number of carbonyl (C=O) groups excluding carboxylic acids is 1. The monoisotopic (exact) mass is 522 g/mol. The molecule has 39 heavy (non-hydrogen) atoms. The predicted octanol–water partition coefficient (Wildman–Crippen LogP) is 2.79. The lowest BCUT2D eigenvalue weighted by Crippen LogP contribution is -2.34. The van der Waals surface area contributed by atoms with Gasteiger partial charge in [0.05, 0.1) is 40.5 Å². The number of aryl methyl sites for hydroxylation is 2. The number of amides is 1. The number of benzene rings is 1. The molecule has 1 amide bonds. The third-order valence-corrected chi connectivity index (χ3v) is 6.95. The molecule has 0 unspecified atom stereocenters. The van der Waals surface area contributed by atoms with Crippen LogP contribution in [0.3, 0.4) is 0 Å². The number of rotatable bonds is 5. The second-order valence-corrected chi connectivity index (χ2v) is 9.31. The molecular weight excluding hydrogens is 496 g/mol. The van der Waals surface area contributed by atoms with Crippen molar-refractivity contribution in [1.29, 1.82) is 5.26 Å². The Hall–Kier alpha value is -5.16. The molecule has 11 nitrogen and oxygen atoms in total. The quantitative estimate of drug-likeness (QED) is 0.299. The van der Waals surface area contributed by atoms with Crippen molar-refractivity contribution in [2.45, 2.75) is 45.3 Å². The maximum absolute atomic E-state index is 12.7. The van der Waals surface area contributed by atoms with Gasteiger partial charge in [-0.3, -0.25) is 9.48 Å². The summed E-state index contributed by atoms with van der Waals surface area (Å²) in [4.78, 5) is 34.0. The highest BCUT2D eigenvalue weighted by Crippen LogP contribution is 2.33. The molecule has 1 aromatic carbocycles. The van der Waals surface area contributed by atoms with Gasteiger partial charge in [-0.1, -0.05) is 5.92 Å². The van der Waals surface area contributed by atoms with E-state index in [1.165, 1.54) is 4.90 Å². The fourth-order valence-electron chi connectivity index (χ4n) is 5.21. The van der Waals surface area contributed by atoms with Crippen molar-refractivity contribution < 1.29 is 14.7 Å². The van der Waals surface area contributed by atoms with Gasteiger partial charge in [0.15, 0.2) is 0 Å². The van der Waals surface area contributed by atoms with Gasteiger partial charge in [0.25, 0.3) is 0 Å². The van der Waals surface area contributed by atoms with Crippen molar-refractivity contribution in [3.8, 4) is 17.9 Å². The summed E-state index contributed by atoms with van der Waals surface area (Å²) in [5, 5.41) is 23.6. The van der Waals surface area contributed by atoms with E-state index in [0.717, 1.165) is 46.6 Å². The van der Waals surface area contributed by atoms with Crippen molar-refractivity contribution in [2.75, 3.05) is 12.3 Å². The van der Waals surface area contributed by atoms with E-state index in [1.807, 2.05) is 25.1 Å². The zero-order valence-corrected chi connectivity index (χ0v) is 21.5. The maximum Gasteiger partial charge on any atom is 0.328 e. The van der Waals surface area contributed by atoms with Crippen molar-refractivity contribution in [1.82, 2.24) is 29.2 Å². The molecule has 0 saturated carbocycles. The van der Waals surface area contributed by atoms with Gasteiger partial charge < -0.3 is 20.3 Å². The number of fused-ring (bicyclic) bond motifs is 2. The predicted molar refractivity (Wildman–Crippen MR) is 144 cm³/mol. The van der Waals surface area contributed by atoms with Crippen LogP contribution in [0.25, 0.3) is 21.9 Å². The van der Waals surface area contributed by atoms with Gasteiger partial charge in [-0.05, 0) is 50.5 Å². The van der Waals surface area contributed by atoms with Crippen LogP contribution in [0.2, 0.25) is 0 Å². The van der Waals surface area contributed by atoms with Crippen LogP contribution in [0.1, 0.15) is 42.9 Å². The summed E-state index contributed by atoms with van der Waals surface area (Å²) in [5.41, 5.74) is 10.1. The van der Waals surface area contributed by atoms with Gasteiger partial charge in [-0.25, -0.2) is 14.8 Å². The first-order valence-electron chi connectivity index (χ1n) is 12.5. The van der Waals surface area contributed by atoms with Crippen molar-refractivity contribution in [3.63, 3.8) is 0 Å². The number of nitrogen functional groups attached to an aromatic ring is 1. The average Bonchev–Trinajstić information content (AvgIpc) is 3.59. The molecule has 5 rings (SSSR count). The largest absolute Gasteiger partial charge is 0.478 e. The van der Waals surface area contributed by atoms with Crippen LogP contribution in [-0.4, -0.2) is 58.8 Å². The zero-order valence-electron chi connectivity index (χ0n) is 21.5. The van der Waals surface area contributed by atoms with Crippen LogP contribution in [0.4, 0.5) is 5.82 Å². The van der Waals surface area contributed by atoms with Crippen LogP contribution in [0, 0.1) is 30.1 Å². The number of nitrogens with two attached hydrogens (primary N) is 1. The summed E-state index contributed by atoms with van der Waals surface area (Å²) in [7, 11) is 0. The fourth-order valence-corrected chi connectivity index (χ4v) is 5.21. The number of hydrogen-bond donors (Lipinski definition) is 2. The minimum absolute atomic E-state index is 0.119. The summed E-state index contributed by atoms with van der Waals surface area (Å²) in [6, 6.07) is 9.17. The Morgan fingerprint density at radius 1 is 1.23 bits per heavy atom. The van der Waals surface area contributed by atoms with Crippen molar-refractivity contribution in [2.24, 2.45) is 0 Å². The average molecular weight is 523 g/mol. The SMILES string of the molecule is CCn1c(C)nc2cc(C#Cc3nn([C@H]4C[C@H](CC#N)N(C(=O)/C=C/C(=O)O)C4)c4ccnc(N)c34)ccc21. The molecule has 0 aliphatic carbocycles. The Labute approximate surface area is 224 Å². The van der Waals surface area contributed by atoms with Crippen LogP contribution in [0.15, 0.2) is 42.6 Å². The standard InChI is InChI=1S/C28H26N8O3/c1-3-34-17(2)32-22-14-18(5-7-23(22)34)4-6-21-27-24(11-13-31-28(27)30)36(33-21)20-15-19(10-12-29)35(16-20)25(37)8-9-26(38)39/h5,7-9,11,13-14,19-20H,3,10,15-16H2,1-2H3,(H2,30,31)(H,38,39)/b9-8+/t19-,20-/m0/s1. The first kappa shape index (κ1) is 25.5. The second kappa shape index (κ2) is 10.3. The molecule has 3 N–H and O–H groups in total. The Morgan fingerprint density at radius 3 is 2.79 bits per heavy atom. The normalized spacial score (nSPS) is 17.0. The number of imidazole rings is 1. The molecule has 4 aromatic rings. The molecule has 2 atom stereocenters. The van der Waals surface area contributed by atoms with E-state index in [-0.39, 0.29) is 25.0 Å². The van der Waals surface area contributed by atoms with Crippen LogP contribution in [0.5, 0.6) is 0 Å². The number of anilines is 1. The Kier molecular flexibility index (Phi) is 6.73. The van der Waals surface area contributed by atoms with Gasteiger partial charge in [0.1, 0.15) is 17.3 Å². The van der Waals surface area contributed by atoms with E-state index in [9.17, 15) is 14.9 Å². The second-order valence-electron chi connectivity index (χ2n) is 9.31. The van der Waals surface area contributed by atoms with E-state index >= 15 is 0 Å². The van der Waals surface area contributed by atoms with Gasteiger partial charge in [0, 0.05) is 43.0 Å². The molecule has 1 fully saturated rings. The molecular formula is C28H26N8O3. The number of hydrogen-bond acceptors (Lipinski definition) is 7. The van der Waals surface area contributed by atoms with E-state index in [2.05, 4.69) is 39.4 Å². The van der Waals surface area contributed by atoms with Crippen molar-refractivity contribution in [3.05, 3.63) is 59.7 Å². The topological polar surface area (TPSA) is 156 Å². The number of carboxylic acid groups (broad SMARTS) is 1. The summed E-state index contributed by atoms with van der Waals surface area (Å²) in [6.45, 7) is 5.15. The molecule has 11 heteroatoms. The molecule has 1 saturated heterocycles. The zero-order chi connectivity index (χ0) is 27.7. The summed E-state index contributed by atoms with van der Waals surface area (Å²) in [5.74, 6) is 5.88. The van der Waals surface area contributed by atoms with E-state index < -0.39 is 11.9 Å². The molecule has 0 bridgehead atoms. The third-order valence-electron chi connectivity index (χ3n) is 6.95. The summed E-state index contributed by atoms with van der Waals surface area (Å²) >= 11 is 0. The minimum Gasteiger partial charge on any atom is -0.478 e. The Bertz CT molecular complexity index is 1750. The van der Waals surface area contributed by atoms with Gasteiger partial charge in [-0.15, -0.1) is 0 Å². The lowest BCUT2D eigenvalue weighted by Gasteiger charge is -2.20. The molecule has 0 radical (unpaired) electrons. The summed E-state index contributed by atoms with van der Waals surface area (Å²) in [6.07, 6.45) is 4.00. The van der Waals surface area contributed by atoms with Gasteiger partial charge in [-0.2, -0.15) is 10.4 Å². The number of carbonyl (C=O) groups is 2. The third kappa shape index (κ3) is 4.78. The summed E-state index contributed by atoms with van der Waals surface area (Å²) < 4.78 is 3.92. The van der Waals surface area contributed by atoms with Crippen LogP contribution < -0.4 is 5.73 Å². The van der Waals surface area contributed by atoms with Gasteiger partial charge >= 0.3 is 5.97 Å². The number of aliphatic carboxylic acids is 1. The first-order valence-corrected chi connectivity index (χ1v) is 12.5. The molecule has 1 aliphatic rings. The smallest absolute Gasteiger partial charge is 0.328 e. The van der Waals surface area contributed by atoms with Crippen molar-refractivity contribution >= 4 is 39.6 Å². The number of aromatic nitrogens is 5. The highest BCUT2D eigenvalue weighted by Gasteiger charge is 2.36. The number of nitriles is 1. The molecule has 1 aliphatic heterocycles. The highest BCUT2D eigenvalue weighted by atomic mass is 16.4. The van der Waals surface area contributed by atoms with Gasteiger partial charge in [0.2, 0.25) is 5.91 Å². The number of carboxylic acids is 1. The molecule has 196 valence electrons. The maximum atomic E-state index is 12.7. The minimum atomic E-state index is -1.21. The number of likely N-dealkylation sites (tertiary alicyclic amines) is 1. The highest BCUT2D eigenvalue weighted by molar-refractivity contribution is 5.95. The van der Waals surface area contributed by atoms with E-state index in [4.69, 9.17) is 15.9 Å². The van der Waals surface area contributed by atoms with Crippen LogP contribution in [-0.2, 0) is 16.1 Å². The lowest BCUT2D eigenvalue weighted by atomic mass is 10.1. The molecule has 0 spiro atoms. The molecule has 3 aromatic heterocycles. The number of nitrogens with zero attached hydrogens (tertiary/aromatic N) is 7. The fraction of sp³-hybridized carbons (Fsp3) is 0.286. The Balaban J connectivity index is 1.51. The lowest BCUT2D eigenvalue weighted by molar-refractivity contribution is -0.132. The van der Waals surface area contributed by atoms with E-state index in [0.29, 0.717) is 23.3 Å². The van der Waals surface area contributed by atoms with Crippen LogP contribution >= 0.6 is 0 Å². The number of pyridine rings is 1. The Morgan fingerprint density at radius 2 is 2.05 bits per heavy atom. The first-order chi connectivity index (χ1) is 18.8.